The van der Waals surface area contributed by atoms with Crippen molar-refractivity contribution in [2.75, 3.05) is 43.0 Å². The van der Waals surface area contributed by atoms with E-state index in [1.807, 2.05) is 41.3 Å². The van der Waals surface area contributed by atoms with Gasteiger partial charge in [-0.25, -0.2) is 0 Å². The molecule has 178 valence electrons. The molecule has 1 heterocycles. The Morgan fingerprint density at radius 3 is 2.33 bits per heavy atom. The lowest BCUT2D eigenvalue weighted by Gasteiger charge is -2.36. The molecule has 2 aromatic carbocycles. The molecule has 0 unspecified atom stereocenters. The topological polar surface area (TPSA) is 61.9 Å². The van der Waals surface area contributed by atoms with Crippen LogP contribution in [0.2, 0.25) is 5.02 Å². The molecule has 2 amide bonds. The van der Waals surface area contributed by atoms with Gasteiger partial charge in [0.25, 0.3) is 5.91 Å². The first kappa shape index (κ1) is 24.9. The molecule has 3 rings (SSSR count). The van der Waals surface area contributed by atoms with Crippen molar-refractivity contribution in [1.82, 2.24) is 4.90 Å². The first-order valence-electron chi connectivity index (χ1n) is 11.9. The van der Waals surface area contributed by atoms with E-state index in [0.29, 0.717) is 55.5 Å². The molecule has 0 saturated carbocycles. The van der Waals surface area contributed by atoms with Gasteiger partial charge in [-0.05, 0) is 55.3 Å². The second-order valence-electron chi connectivity index (χ2n) is 8.32. The van der Waals surface area contributed by atoms with Crippen molar-refractivity contribution in [3.05, 3.63) is 53.1 Å². The predicted molar refractivity (Wildman–Crippen MR) is 135 cm³/mol. The van der Waals surface area contributed by atoms with Crippen LogP contribution in [0.1, 0.15) is 56.3 Å². The van der Waals surface area contributed by atoms with Gasteiger partial charge in [0.2, 0.25) is 5.91 Å². The molecule has 0 aliphatic carbocycles. The number of carbonyl (C=O) groups is 2. The molecule has 6 nitrogen and oxygen atoms in total. The molecule has 33 heavy (non-hydrogen) atoms. The van der Waals surface area contributed by atoms with Crippen molar-refractivity contribution in [2.24, 2.45) is 0 Å². The largest absolute Gasteiger partial charge is 0.494 e. The third kappa shape index (κ3) is 7.13. The highest BCUT2D eigenvalue weighted by Gasteiger charge is 2.23. The molecule has 1 saturated heterocycles. The predicted octanol–water partition coefficient (Wildman–Crippen LogP) is 5.61. The fourth-order valence-corrected chi connectivity index (χ4v) is 4.15. The number of anilines is 2. The van der Waals surface area contributed by atoms with Crippen molar-refractivity contribution in [2.45, 2.75) is 46.0 Å². The molecule has 0 aromatic heterocycles. The number of benzene rings is 2. The number of nitrogens with zero attached hydrogens (tertiary/aromatic N) is 2. The molecule has 0 atom stereocenters. The minimum absolute atomic E-state index is 0.0179. The van der Waals surface area contributed by atoms with Gasteiger partial charge in [0.05, 0.1) is 17.3 Å². The van der Waals surface area contributed by atoms with Gasteiger partial charge < -0.3 is 19.9 Å². The number of amides is 2. The quantitative estimate of drug-likeness (QED) is 0.457. The van der Waals surface area contributed by atoms with E-state index in [4.69, 9.17) is 16.3 Å². The zero-order valence-electron chi connectivity index (χ0n) is 19.6. The number of halogens is 1. The summed E-state index contributed by atoms with van der Waals surface area (Å²) in [4.78, 5) is 29.0. The second-order valence-corrected chi connectivity index (χ2v) is 8.73. The van der Waals surface area contributed by atoms with Gasteiger partial charge in [0.15, 0.2) is 0 Å². The van der Waals surface area contributed by atoms with Crippen LogP contribution in [0.25, 0.3) is 0 Å². The number of hydrogen-bond donors (Lipinski definition) is 1. The molecule has 1 fully saturated rings. The Balaban J connectivity index is 1.52. The molecule has 1 N–H and O–H groups in total. The summed E-state index contributed by atoms with van der Waals surface area (Å²) in [6.07, 6.45) is 4.52. The van der Waals surface area contributed by atoms with Crippen LogP contribution in [0.4, 0.5) is 11.4 Å². The number of ether oxygens (including phenoxy) is 1. The molecule has 0 spiro atoms. The van der Waals surface area contributed by atoms with Crippen molar-refractivity contribution in [3.8, 4) is 5.75 Å². The smallest absolute Gasteiger partial charge is 0.253 e. The third-order valence-corrected chi connectivity index (χ3v) is 6.02. The molecular weight excluding hydrogens is 438 g/mol. The van der Waals surface area contributed by atoms with Crippen LogP contribution in [0, 0.1) is 0 Å². The highest BCUT2D eigenvalue weighted by atomic mass is 35.5. The number of nitrogens with one attached hydrogen (secondary N) is 1. The molecule has 0 radical (unpaired) electrons. The Kier molecular flexibility index (Phi) is 9.43. The molecule has 2 aromatic rings. The van der Waals surface area contributed by atoms with Crippen molar-refractivity contribution < 1.29 is 14.3 Å². The fourth-order valence-electron chi connectivity index (χ4n) is 3.85. The summed E-state index contributed by atoms with van der Waals surface area (Å²) >= 11 is 6.53. The number of unbranched alkanes of at least 4 members (excludes halogenated alkanes) is 2. The van der Waals surface area contributed by atoms with Crippen LogP contribution in [0.5, 0.6) is 5.75 Å². The zero-order valence-corrected chi connectivity index (χ0v) is 20.4. The van der Waals surface area contributed by atoms with Crippen LogP contribution < -0.4 is 15.0 Å². The van der Waals surface area contributed by atoms with Crippen LogP contribution >= 0.6 is 11.6 Å². The summed E-state index contributed by atoms with van der Waals surface area (Å²) in [5.74, 6) is 0.835. The summed E-state index contributed by atoms with van der Waals surface area (Å²) in [7, 11) is 0. The standard InChI is InChI=1S/C26H34ClN3O3/c1-3-5-6-7-25(31)28-21-10-13-24(23(27)19-21)29-14-16-30(17-15-29)26(32)20-8-11-22(12-9-20)33-18-4-2/h8-13,19H,3-7,14-18H2,1-2H3,(H,28,31). The monoisotopic (exact) mass is 471 g/mol. The minimum Gasteiger partial charge on any atom is -0.494 e. The number of rotatable bonds is 10. The average molecular weight is 472 g/mol. The maximum atomic E-state index is 12.9. The maximum Gasteiger partial charge on any atom is 0.253 e. The molecular formula is C26H34ClN3O3. The lowest BCUT2D eigenvalue weighted by molar-refractivity contribution is -0.116. The maximum absolute atomic E-state index is 12.9. The normalized spacial score (nSPS) is 13.7. The summed E-state index contributed by atoms with van der Waals surface area (Å²) < 4.78 is 5.59. The Hall–Kier alpha value is -2.73. The number of piperazine rings is 1. The zero-order chi connectivity index (χ0) is 23.6. The van der Waals surface area contributed by atoms with Crippen LogP contribution in [0.3, 0.4) is 0 Å². The van der Waals surface area contributed by atoms with Crippen LogP contribution in [0.15, 0.2) is 42.5 Å². The average Bonchev–Trinajstić information content (AvgIpc) is 2.83. The minimum atomic E-state index is 0.0179. The SMILES string of the molecule is CCCCCC(=O)Nc1ccc(N2CCN(C(=O)c3ccc(OCCC)cc3)CC2)c(Cl)c1. The van der Waals surface area contributed by atoms with Gasteiger partial charge in [0.1, 0.15) is 5.75 Å². The van der Waals surface area contributed by atoms with E-state index in [9.17, 15) is 9.59 Å². The van der Waals surface area contributed by atoms with E-state index < -0.39 is 0 Å². The Labute approximate surface area is 201 Å². The van der Waals surface area contributed by atoms with E-state index in [0.717, 1.165) is 37.1 Å². The van der Waals surface area contributed by atoms with Crippen molar-refractivity contribution >= 4 is 34.8 Å². The Morgan fingerprint density at radius 2 is 1.70 bits per heavy atom. The van der Waals surface area contributed by atoms with E-state index in [1.54, 1.807) is 6.07 Å². The van der Waals surface area contributed by atoms with Crippen molar-refractivity contribution in [1.29, 1.82) is 0 Å². The lowest BCUT2D eigenvalue weighted by atomic mass is 10.1. The van der Waals surface area contributed by atoms with E-state index in [-0.39, 0.29) is 11.8 Å². The summed E-state index contributed by atoms with van der Waals surface area (Å²) in [6, 6.07) is 13.0. The molecule has 0 bridgehead atoms. The van der Waals surface area contributed by atoms with Gasteiger partial charge in [-0.15, -0.1) is 0 Å². The lowest BCUT2D eigenvalue weighted by Crippen LogP contribution is -2.48. The number of hydrogen-bond acceptors (Lipinski definition) is 4. The highest BCUT2D eigenvalue weighted by molar-refractivity contribution is 6.33. The third-order valence-electron chi connectivity index (χ3n) is 5.72. The Bertz CT molecular complexity index is 925. The fraction of sp³-hybridized carbons (Fsp3) is 0.462. The molecule has 1 aliphatic heterocycles. The highest BCUT2D eigenvalue weighted by Crippen LogP contribution is 2.30. The van der Waals surface area contributed by atoms with Gasteiger partial charge in [-0.2, -0.15) is 0 Å². The second kappa shape index (κ2) is 12.5. The molecule has 7 heteroatoms. The first-order valence-corrected chi connectivity index (χ1v) is 12.3. The van der Waals surface area contributed by atoms with E-state index >= 15 is 0 Å². The van der Waals surface area contributed by atoms with Crippen LogP contribution in [-0.4, -0.2) is 49.5 Å². The van der Waals surface area contributed by atoms with Gasteiger partial charge in [-0.1, -0.05) is 38.3 Å². The van der Waals surface area contributed by atoms with Gasteiger partial charge in [-0.3, -0.25) is 9.59 Å². The van der Waals surface area contributed by atoms with Crippen LogP contribution in [-0.2, 0) is 4.79 Å². The summed E-state index contributed by atoms with van der Waals surface area (Å²) in [5.41, 5.74) is 2.31. The number of carbonyl (C=O) groups excluding carboxylic acids is 2. The summed E-state index contributed by atoms with van der Waals surface area (Å²) in [6.45, 7) is 7.50. The van der Waals surface area contributed by atoms with Gasteiger partial charge >= 0.3 is 0 Å². The van der Waals surface area contributed by atoms with E-state index in [2.05, 4.69) is 24.1 Å². The van der Waals surface area contributed by atoms with Gasteiger partial charge in [0, 0.05) is 43.9 Å². The molecule has 1 aliphatic rings. The Morgan fingerprint density at radius 1 is 0.970 bits per heavy atom. The summed E-state index contributed by atoms with van der Waals surface area (Å²) in [5, 5.41) is 3.52. The van der Waals surface area contributed by atoms with E-state index in [1.165, 1.54) is 0 Å². The first-order chi connectivity index (χ1) is 16.0. The van der Waals surface area contributed by atoms with Crippen molar-refractivity contribution in [3.63, 3.8) is 0 Å².